The summed E-state index contributed by atoms with van der Waals surface area (Å²) in [7, 11) is -1.71. The van der Waals surface area contributed by atoms with Gasteiger partial charge in [-0.25, -0.2) is 0 Å². The van der Waals surface area contributed by atoms with Crippen LogP contribution < -0.4 is 35.4 Å². The average Bonchev–Trinajstić information content (AvgIpc) is 1.78. The third-order valence-corrected chi connectivity index (χ3v) is 24.9. The Morgan fingerprint density at radius 1 is 0.322 bits per heavy atom. The molecule has 1 aliphatic heterocycles. The fourth-order valence-electron chi connectivity index (χ4n) is 13.5. The van der Waals surface area contributed by atoms with Crippen molar-refractivity contribution in [3.63, 3.8) is 0 Å². The molecule has 0 aromatic heterocycles. The van der Waals surface area contributed by atoms with Crippen LogP contribution in [0, 0.1) is 0 Å². The van der Waals surface area contributed by atoms with E-state index in [0.29, 0.717) is 55.7 Å². The number of unbranched alkanes of at least 4 members (excludes halogenated alkanes) is 39. The largest absolute Gasteiger partial charge is 0.490 e. The van der Waals surface area contributed by atoms with Crippen LogP contribution in [0.3, 0.4) is 0 Å². The zero-order valence-corrected chi connectivity index (χ0v) is 59.4. The molecule has 0 N–H and O–H groups in total. The number of hydrogen-bond acceptors (Lipinski definition) is 4. The maximum absolute atomic E-state index is 15.9. The zero-order chi connectivity index (χ0) is 63.0. The highest BCUT2D eigenvalue weighted by Gasteiger charge is 2.45. The lowest BCUT2D eigenvalue weighted by Crippen LogP contribution is -2.34. The molecule has 0 aliphatic carbocycles. The molecule has 0 bridgehead atoms. The number of carbonyl (C=O) groups is 1. The van der Waals surface area contributed by atoms with Crippen molar-refractivity contribution in [3.8, 4) is 17.2 Å². The number of nitrogens with zero attached hydrogens (tertiary/aromatic N) is 1. The first-order chi connectivity index (χ1) is 44.6. The second kappa shape index (κ2) is 49.4. The van der Waals surface area contributed by atoms with Gasteiger partial charge in [-0.2, -0.15) is 0 Å². The zero-order valence-electron chi connectivity index (χ0n) is 57.6. The molecule has 498 valence electrons. The van der Waals surface area contributed by atoms with E-state index in [-0.39, 0.29) is 17.2 Å². The van der Waals surface area contributed by atoms with Gasteiger partial charge in [-0.05, 0) is 68.5 Å². The van der Waals surface area contributed by atoms with E-state index in [0.717, 1.165) is 38.5 Å². The Morgan fingerprint density at radius 3 is 0.789 bits per heavy atom. The van der Waals surface area contributed by atoms with Crippen molar-refractivity contribution >= 4 is 43.0 Å². The molecule has 90 heavy (non-hydrogen) atoms. The molecule has 6 rings (SSSR count). The van der Waals surface area contributed by atoms with Crippen LogP contribution in [0.25, 0.3) is 0 Å². The van der Waals surface area contributed by atoms with Crippen LogP contribution in [0.1, 0.15) is 301 Å². The fraction of sp³-hybridized carbons (Fsp3) is 0.627. The molecule has 0 radical (unpaired) electrons. The van der Waals surface area contributed by atoms with E-state index < -0.39 is 15.8 Å². The summed E-state index contributed by atoms with van der Waals surface area (Å²) in [6, 6.07) is 48.8. The molecule has 1 heterocycles. The maximum atomic E-state index is 15.9. The van der Waals surface area contributed by atoms with Crippen molar-refractivity contribution in [2.24, 2.45) is 0 Å². The molecule has 0 spiro atoms. The van der Waals surface area contributed by atoms with Crippen molar-refractivity contribution in [3.05, 3.63) is 139 Å². The number of benzene rings is 5. The van der Waals surface area contributed by atoms with Crippen LogP contribution in [-0.2, 0) is 0 Å². The van der Waals surface area contributed by atoms with Crippen molar-refractivity contribution in [2.45, 2.75) is 302 Å². The Hall–Kier alpha value is -4.17. The van der Waals surface area contributed by atoms with Crippen LogP contribution in [0.2, 0.25) is 0 Å². The average molecular weight is 1260 g/mol. The van der Waals surface area contributed by atoms with E-state index in [2.05, 4.69) is 147 Å². The van der Waals surface area contributed by atoms with Gasteiger partial charge >= 0.3 is 0 Å². The molecule has 1 amide bonds. The molecular formula is C83H127NO4P2. The number of hydrogen-bond donors (Lipinski definition) is 0. The molecular weight excluding hydrogens is 1140 g/mol. The van der Waals surface area contributed by atoms with Crippen LogP contribution in [0.15, 0.2) is 133 Å². The number of rotatable bonds is 55. The highest BCUT2D eigenvalue weighted by molar-refractivity contribution is 7.77. The second-order valence-electron chi connectivity index (χ2n) is 26.6. The minimum Gasteiger partial charge on any atom is -0.490 e. The van der Waals surface area contributed by atoms with Crippen LogP contribution in [0.5, 0.6) is 17.2 Å². The summed E-state index contributed by atoms with van der Waals surface area (Å²) in [5.74, 6) is 2.06. The van der Waals surface area contributed by atoms with E-state index in [9.17, 15) is 0 Å². The van der Waals surface area contributed by atoms with Crippen molar-refractivity contribution in [1.82, 2.24) is 4.90 Å². The maximum Gasteiger partial charge on any atom is 0.254 e. The number of ether oxygens (including phenoxy) is 3. The van der Waals surface area contributed by atoms with Gasteiger partial charge < -0.3 is 19.1 Å². The summed E-state index contributed by atoms with van der Waals surface area (Å²) in [5, 5.41) is 5.44. The van der Waals surface area contributed by atoms with Crippen LogP contribution in [0.4, 0.5) is 0 Å². The predicted molar refractivity (Wildman–Crippen MR) is 395 cm³/mol. The summed E-state index contributed by atoms with van der Waals surface area (Å²) in [6.45, 7) is 10.0. The lowest BCUT2D eigenvalue weighted by molar-refractivity contribution is 0.0792. The summed E-state index contributed by atoms with van der Waals surface area (Å²) in [5.41, 5.74) is 1.05. The monoisotopic (exact) mass is 1260 g/mol. The lowest BCUT2D eigenvalue weighted by Gasteiger charge is -2.34. The van der Waals surface area contributed by atoms with Crippen LogP contribution >= 0.6 is 15.8 Å². The third-order valence-electron chi connectivity index (χ3n) is 18.9. The van der Waals surface area contributed by atoms with Gasteiger partial charge in [0.2, 0.25) is 5.75 Å². The Bertz CT molecular complexity index is 2270. The van der Waals surface area contributed by atoms with E-state index >= 15 is 4.79 Å². The van der Waals surface area contributed by atoms with Gasteiger partial charge in [0, 0.05) is 30.0 Å². The smallest absolute Gasteiger partial charge is 0.254 e. The van der Waals surface area contributed by atoms with Gasteiger partial charge in [-0.15, -0.1) is 0 Å². The molecule has 1 saturated heterocycles. The van der Waals surface area contributed by atoms with Crippen molar-refractivity contribution in [2.75, 3.05) is 32.9 Å². The Morgan fingerprint density at radius 2 is 0.544 bits per heavy atom. The topological polar surface area (TPSA) is 48.0 Å². The molecule has 5 aromatic carbocycles. The molecule has 1 aliphatic rings. The summed E-state index contributed by atoms with van der Waals surface area (Å²) in [6.07, 6.45) is 55.3. The van der Waals surface area contributed by atoms with Gasteiger partial charge in [0.05, 0.1) is 19.8 Å². The highest BCUT2D eigenvalue weighted by Crippen LogP contribution is 2.55. The molecule has 0 unspecified atom stereocenters. The molecule has 5 nitrogen and oxygen atoms in total. The quantitative estimate of drug-likeness (QED) is 0.0288. The standard InChI is InChI=1S/C83H127NO4P2/c1-4-7-10-13-16-19-22-25-28-31-34-37-40-55-66-86-78-69-73(70-79(87-67-56-41-38-35-32-29-26-23-20-17-14-11-8-5-2)82(78)88-68-57-42-39-36-33-30-27-24-21-18-15-12-9-6-3)83(85)84-71-80(89(74-58-47-43-48-59-74)75-60-49-44-50-61-75)81(72-84)90(76-62-51-45-52-63-76)77-64-53-46-54-65-77/h43-54,58-65,69-70,80-81H,4-42,55-57,66-68,71-72H2,1-3H3/t80-,81-/m1/s1. The Balaban J connectivity index is 1.20. The van der Waals surface area contributed by atoms with Gasteiger partial charge in [0.15, 0.2) is 11.5 Å². The Labute approximate surface area is 554 Å². The van der Waals surface area contributed by atoms with E-state index in [1.54, 1.807) is 0 Å². The first-order valence-electron chi connectivity index (χ1n) is 37.8. The number of likely N-dealkylation sites (tertiary alicyclic amines) is 1. The third kappa shape index (κ3) is 29.8. The fourth-order valence-corrected chi connectivity index (χ4v) is 20.0. The second-order valence-corrected chi connectivity index (χ2v) is 31.4. The summed E-state index contributed by atoms with van der Waals surface area (Å²) < 4.78 is 20.8. The minimum absolute atomic E-state index is 0.0517. The van der Waals surface area contributed by atoms with E-state index in [1.165, 1.54) is 252 Å². The molecule has 0 saturated carbocycles. The molecule has 1 fully saturated rings. The van der Waals surface area contributed by atoms with Gasteiger partial charge in [0.1, 0.15) is 0 Å². The first-order valence-corrected chi connectivity index (χ1v) is 40.6. The van der Waals surface area contributed by atoms with E-state index in [4.69, 9.17) is 14.2 Å². The predicted octanol–water partition coefficient (Wildman–Crippen LogP) is 23.7. The SMILES string of the molecule is CCCCCCCCCCCCCCCCOc1cc(C(=O)N2C[C@@H](P(c3ccccc3)c3ccccc3)[C@H](P(c3ccccc3)c3ccccc3)C2)cc(OCCCCCCCCCCCCCCCC)c1OCCCCCCCCCCCCCCCC. The normalized spacial score (nSPS) is 14.1. The molecule has 2 atom stereocenters. The highest BCUT2D eigenvalue weighted by atomic mass is 31.1. The molecule has 7 heteroatoms. The van der Waals surface area contributed by atoms with Crippen molar-refractivity contribution < 1.29 is 19.0 Å². The summed E-state index contributed by atoms with van der Waals surface area (Å²) in [4.78, 5) is 18.1. The lowest BCUT2D eigenvalue weighted by atomic mass is 10.0. The number of carbonyl (C=O) groups excluding carboxylic acids is 1. The first kappa shape index (κ1) is 74.9. The van der Waals surface area contributed by atoms with Gasteiger partial charge in [0.25, 0.3) is 5.91 Å². The minimum atomic E-state index is -0.855. The van der Waals surface area contributed by atoms with Gasteiger partial charge in [-0.1, -0.05) is 393 Å². The van der Waals surface area contributed by atoms with Gasteiger partial charge in [-0.3, -0.25) is 4.79 Å². The van der Waals surface area contributed by atoms with Crippen molar-refractivity contribution in [1.29, 1.82) is 0 Å². The van der Waals surface area contributed by atoms with E-state index in [1.807, 2.05) is 12.1 Å². The Kier molecular flexibility index (Phi) is 41.1. The van der Waals surface area contributed by atoms with Crippen LogP contribution in [-0.4, -0.2) is 55.0 Å². The summed E-state index contributed by atoms with van der Waals surface area (Å²) >= 11 is 0. The number of amides is 1. The molecule has 5 aromatic rings.